The molecular formula is C19H22O3. The Balaban J connectivity index is 1.91. The van der Waals surface area contributed by atoms with Crippen LogP contribution in [0.2, 0.25) is 0 Å². The van der Waals surface area contributed by atoms with Crippen molar-refractivity contribution in [2.75, 3.05) is 6.61 Å². The molecule has 0 radical (unpaired) electrons. The van der Waals surface area contributed by atoms with Crippen molar-refractivity contribution in [3.05, 3.63) is 29.3 Å². The lowest BCUT2D eigenvalue weighted by atomic mass is 9.87. The minimum atomic E-state index is 0.335. The van der Waals surface area contributed by atoms with Crippen LogP contribution >= 0.6 is 0 Å². The average Bonchev–Trinajstić information content (AvgIpc) is 3.14. The standard InChI is InChI=1S/C19H22O3/c1-2-3-9-22-14-6-4-5-13-17(14)19(21)16-12-8-7-11(10-12)15(16)18(13)20/h4-6,11-12,20-21H,2-3,7-10H2,1H3. The summed E-state index contributed by atoms with van der Waals surface area (Å²) in [6, 6.07) is 5.66. The van der Waals surface area contributed by atoms with Gasteiger partial charge >= 0.3 is 0 Å². The number of aromatic hydroxyl groups is 2. The fraction of sp³-hybridized carbons (Fsp3) is 0.474. The Morgan fingerprint density at radius 3 is 2.55 bits per heavy atom. The van der Waals surface area contributed by atoms with Crippen LogP contribution in [-0.2, 0) is 0 Å². The highest BCUT2D eigenvalue weighted by Crippen LogP contribution is 2.61. The van der Waals surface area contributed by atoms with Gasteiger partial charge in [0, 0.05) is 16.5 Å². The third-order valence-corrected chi connectivity index (χ3v) is 5.32. The normalized spacial score (nSPS) is 22.2. The first kappa shape index (κ1) is 13.7. The van der Waals surface area contributed by atoms with Crippen LogP contribution in [0.5, 0.6) is 17.2 Å². The number of hydrogen-bond acceptors (Lipinski definition) is 3. The van der Waals surface area contributed by atoms with E-state index < -0.39 is 0 Å². The highest BCUT2D eigenvalue weighted by atomic mass is 16.5. The van der Waals surface area contributed by atoms with Crippen LogP contribution in [0.1, 0.15) is 62.0 Å². The number of ether oxygens (including phenoxy) is 1. The second kappa shape index (κ2) is 5.08. The molecule has 1 fully saturated rings. The summed E-state index contributed by atoms with van der Waals surface area (Å²) < 4.78 is 5.86. The summed E-state index contributed by atoms with van der Waals surface area (Å²) in [5.41, 5.74) is 1.97. The van der Waals surface area contributed by atoms with E-state index in [2.05, 4.69) is 6.92 Å². The van der Waals surface area contributed by atoms with Gasteiger partial charge in [-0.05, 0) is 43.6 Å². The van der Waals surface area contributed by atoms with Crippen LogP contribution < -0.4 is 4.74 Å². The zero-order valence-electron chi connectivity index (χ0n) is 12.9. The van der Waals surface area contributed by atoms with Gasteiger partial charge in [-0.15, -0.1) is 0 Å². The number of unbranched alkanes of at least 4 members (excludes halogenated alkanes) is 1. The first-order chi connectivity index (χ1) is 10.7. The van der Waals surface area contributed by atoms with Crippen molar-refractivity contribution < 1.29 is 14.9 Å². The van der Waals surface area contributed by atoms with Crippen LogP contribution in [0.4, 0.5) is 0 Å². The zero-order chi connectivity index (χ0) is 15.3. The van der Waals surface area contributed by atoms with E-state index >= 15 is 0 Å². The molecule has 3 nitrogen and oxygen atoms in total. The minimum absolute atomic E-state index is 0.335. The lowest BCUT2D eigenvalue weighted by molar-refractivity contribution is 0.312. The van der Waals surface area contributed by atoms with Gasteiger partial charge in [-0.25, -0.2) is 0 Å². The van der Waals surface area contributed by atoms with Crippen LogP contribution in [0.15, 0.2) is 18.2 Å². The van der Waals surface area contributed by atoms with Gasteiger partial charge in [-0.2, -0.15) is 0 Å². The van der Waals surface area contributed by atoms with Crippen molar-refractivity contribution in [2.45, 2.75) is 50.9 Å². The zero-order valence-corrected chi connectivity index (χ0v) is 12.9. The van der Waals surface area contributed by atoms with E-state index in [9.17, 15) is 10.2 Å². The fourth-order valence-corrected chi connectivity index (χ4v) is 4.29. The second-order valence-electron chi connectivity index (χ2n) is 6.61. The predicted molar refractivity (Wildman–Crippen MR) is 87.0 cm³/mol. The molecule has 22 heavy (non-hydrogen) atoms. The van der Waals surface area contributed by atoms with Gasteiger partial charge in [0.2, 0.25) is 0 Å². The van der Waals surface area contributed by atoms with Gasteiger partial charge in [0.25, 0.3) is 0 Å². The molecule has 0 aliphatic heterocycles. The fourth-order valence-electron chi connectivity index (χ4n) is 4.29. The first-order valence-electron chi connectivity index (χ1n) is 8.35. The van der Waals surface area contributed by atoms with E-state index in [1.807, 2.05) is 18.2 Å². The maximum atomic E-state index is 10.9. The molecule has 2 N–H and O–H groups in total. The molecule has 0 heterocycles. The second-order valence-corrected chi connectivity index (χ2v) is 6.61. The minimum Gasteiger partial charge on any atom is -0.507 e. The number of phenolic OH excluding ortho intramolecular Hbond substituents is 2. The lowest BCUT2D eigenvalue weighted by Crippen LogP contribution is -2.02. The van der Waals surface area contributed by atoms with Gasteiger partial charge in [0.15, 0.2) is 0 Å². The van der Waals surface area contributed by atoms with Crippen molar-refractivity contribution in [3.8, 4) is 17.2 Å². The molecule has 1 saturated carbocycles. The Kier molecular flexibility index (Phi) is 3.17. The molecule has 3 heteroatoms. The smallest absolute Gasteiger partial charge is 0.131 e. The van der Waals surface area contributed by atoms with Crippen LogP contribution in [0, 0.1) is 0 Å². The number of phenols is 2. The molecule has 2 unspecified atom stereocenters. The predicted octanol–water partition coefficient (Wildman–Crippen LogP) is 4.79. The van der Waals surface area contributed by atoms with E-state index in [0.29, 0.717) is 41.1 Å². The molecular weight excluding hydrogens is 276 g/mol. The molecule has 2 aliphatic carbocycles. The van der Waals surface area contributed by atoms with Gasteiger partial charge in [0.1, 0.15) is 17.2 Å². The van der Waals surface area contributed by atoms with Gasteiger partial charge in [0.05, 0.1) is 12.0 Å². The Morgan fingerprint density at radius 2 is 1.82 bits per heavy atom. The molecule has 4 rings (SSSR count). The Morgan fingerprint density at radius 1 is 1.09 bits per heavy atom. The number of rotatable bonds is 4. The van der Waals surface area contributed by atoms with Gasteiger partial charge in [-0.1, -0.05) is 25.5 Å². The summed E-state index contributed by atoms with van der Waals surface area (Å²) in [4.78, 5) is 0. The number of benzene rings is 2. The number of hydrogen-bond donors (Lipinski definition) is 2. The topological polar surface area (TPSA) is 49.7 Å². The van der Waals surface area contributed by atoms with Crippen molar-refractivity contribution in [1.29, 1.82) is 0 Å². The van der Waals surface area contributed by atoms with E-state index in [0.717, 1.165) is 48.6 Å². The summed E-state index contributed by atoms with van der Waals surface area (Å²) in [5.74, 6) is 2.20. The third-order valence-electron chi connectivity index (χ3n) is 5.32. The quantitative estimate of drug-likeness (QED) is 0.630. The van der Waals surface area contributed by atoms with E-state index in [4.69, 9.17) is 4.74 Å². The number of fused-ring (bicyclic) bond motifs is 6. The SMILES string of the molecule is CCCCOc1cccc2c(O)c3c(c(O)c12)C1CCC3C1. The molecule has 0 aromatic heterocycles. The molecule has 2 bridgehead atoms. The van der Waals surface area contributed by atoms with Crippen LogP contribution in [-0.4, -0.2) is 16.8 Å². The summed E-state index contributed by atoms with van der Waals surface area (Å²) in [5, 5.41) is 23.0. The van der Waals surface area contributed by atoms with Crippen LogP contribution in [0.3, 0.4) is 0 Å². The van der Waals surface area contributed by atoms with E-state index in [1.54, 1.807) is 0 Å². The van der Waals surface area contributed by atoms with Crippen LogP contribution in [0.25, 0.3) is 10.8 Å². The van der Waals surface area contributed by atoms with Crippen molar-refractivity contribution >= 4 is 10.8 Å². The van der Waals surface area contributed by atoms with Crippen molar-refractivity contribution in [2.24, 2.45) is 0 Å². The van der Waals surface area contributed by atoms with Crippen molar-refractivity contribution in [1.82, 2.24) is 0 Å². The van der Waals surface area contributed by atoms with E-state index in [-0.39, 0.29) is 0 Å². The van der Waals surface area contributed by atoms with Crippen molar-refractivity contribution in [3.63, 3.8) is 0 Å². The molecule has 2 aromatic carbocycles. The molecule has 2 atom stereocenters. The lowest BCUT2D eigenvalue weighted by Gasteiger charge is -2.21. The third kappa shape index (κ3) is 1.81. The summed E-state index contributed by atoms with van der Waals surface area (Å²) in [6.45, 7) is 2.76. The van der Waals surface area contributed by atoms with Gasteiger partial charge < -0.3 is 14.9 Å². The highest BCUT2D eigenvalue weighted by Gasteiger charge is 2.42. The molecule has 2 aliphatic rings. The molecule has 0 amide bonds. The van der Waals surface area contributed by atoms with E-state index in [1.165, 1.54) is 0 Å². The average molecular weight is 298 g/mol. The Bertz CT molecular complexity index is 735. The Hall–Kier alpha value is -1.90. The summed E-state index contributed by atoms with van der Waals surface area (Å²) in [6.07, 6.45) is 5.37. The summed E-state index contributed by atoms with van der Waals surface area (Å²) >= 11 is 0. The summed E-state index contributed by atoms with van der Waals surface area (Å²) in [7, 11) is 0. The molecule has 2 aromatic rings. The Labute approximate surface area is 130 Å². The molecule has 116 valence electrons. The molecule has 0 spiro atoms. The molecule has 0 saturated heterocycles. The maximum Gasteiger partial charge on any atom is 0.131 e. The first-order valence-corrected chi connectivity index (χ1v) is 8.35. The highest BCUT2D eigenvalue weighted by molar-refractivity contribution is 6.00. The monoisotopic (exact) mass is 298 g/mol. The maximum absolute atomic E-state index is 10.9. The largest absolute Gasteiger partial charge is 0.507 e. The van der Waals surface area contributed by atoms with Gasteiger partial charge in [-0.3, -0.25) is 0 Å².